The molecule has 0 saturated carbocycles. The number of carbonyl (C=O) groups is 2. The third-order valence-corrected chi connectivity index (χ3v) is 3.01. The Labute approximate surface area is 125 Å². The predicted molar refractivity (Wildman–Crippen MR) is 73.9 cm³/mol. The van der Waals surface area contributed by atoms with Gasteiger partial charge in [-0.2, -0.15) is 0 Å². The van der Waals surface area contributed by atoms with Crippen LogP contribution < -0.4 is 4.74 Å². The van der Waals surface area contributed by atoms with E-state index in [1.165, 1.54) is 33.1 Å². The summed E-state index contributed by atoms with van der Waals surface area (Å²) in [4.78, 5) is 23.6. The maximum absolute atomic E-state index is 11.8. The molecule has 0 spiro atoms. The molecule has 1 saturated heterocycles. The number of halogens is 1. The maximum atomic E-state index is 11.8. The summed E-state index contributed by atoms with van der Waals surface area (Å²) in [7, 11) is 1.40. The van der Waals surface area contributed by atoms with Crippen LogP contribution in [0.1, 0.15) is 19.4 Å². The van der Waals surface area contributed by atoms with Crippen molar-refractivity contribution in [3.05, 3.63) is 28.3 Å². The van der Waals surface area contributed by atoms with E-state index in [1.54, 1.807) is 0 Å². The molecule has 0 aliphatic carbocycles. The van der Waals surface area contributed by atoms with E-state index < -0.39 is 17.7 Å². The second-order valence-corrected chi connectivity index (χ2v) is 5.19. The molecule has 1 aromatic rings. The molecule has 21 heavy (non-hydrogen) atoms. The summed E-state index contributed by atoms with van der Waals surface area (Å²) in [5, 5.41) is 10.1. The Morgan fingerprint density at radius 2 is 1.81 bits per heavy atom. The number of hydrogen-bond donors (Lipinski definition) is 1. The molecule has 112 valence electrons. The Kier molecular flexibility index (Phi) is 3.82. The first-order valence-corrected chi connectivity index (χ1v) is 6.36. The highest BCUT2D eigenvalue weighted by Gasteiger charge is 2.39. The van der Waals surface area contributed by atoms with Crippen LogP contribution in [-0.4, -0.2) is 29.9 Å². The van der Waals surface area contributed by atoms with Crippen molar-refractivity contribution in [2.45, 2.75) is 19.6 Å². The Hall–Kier alpha value is -2.21. The van der Waals surface area contributed by atoms with E-state index in [0.717, 1.165) is 6.08 Å². The number of phenols is 1. The Bertz CT molecular complexity index is 625. The predicted octanol–water partition coefficient (Wildman–Crippen LogP) is 2.27. The number of ether oxygens (including phenoxy) is 3. The Morgan fingerprint density at radius 3 is 2.33 bits per heavy atom. The SMILES string of the molecule is COc1cc(O)c(C=C2C(=O)OC(C)(C)OC2=O)cc1Cl. The van der Waals surface area contributed by atoms with Gasteiger partial charge < -0.3 is 19.3 Å². The van der Waals surface area contributed by atoms with Crippen LogP contribution in [0.15, 0.2) is 17.7 Å². The van der Waals surface area contributed by atoms with Crippen molar-refractivity contribution in [2.24, 2.45) is 0 Å². The quantitative estimate of drug-likeness (QED) is 0.512. The van der Waals surface area contributed by atoms with Crippen LogP contribution in [0.25, 0.3) is 6.08 Å². The van der Waals surface area contributed by atoms with Crippen LogP contribution in [0.5, 0.6) is 11.5 Å². The van der Waals surface area contributed by atoms with Gasteiger partial charge in [0.15, 0.2) is 0 Å². The summed E-state index contributed by atoms with van der Waals surface area (Å²) in [6.07, 6.45) is 1.15. The average molecular weight is 313 g/mol. The van der Waals surface area contributed by atoms with Crippen molar-refractivity contribution in [1.29, 1.82) is 0 Å². The minimum atomic E-state index is -1.31. The fourth-order valence-corrected chi connectivity index (χ4v) is 2.01. The zero-order valence-electron chi connectivity index (χ0n) is 11.6. The number of carbonyl (C=O) groups excluding carboxylic acids is 2. The first kappa shape index (κ1) is 15.2. The van der Waals surface area contributed by atoms with Gasteiger partial charge in [0.2, 0.25) is 0 Å². The maximum Gasteiger partial charge on any atom is 0.348 e. The smallest absolute Gasteiger partial charge is 0.348 e. The van der Waals surface area contributed by atoms with E-state index in [9.17, 15) is 14.7 Å². The lowest BCUT2D eigenvalue weighted by atomic mass is 10.1. The van der Waals surface area contributed by atoms with Crippen molar-refractivity contribution in [3.8, 4) is 11.5 Å². The molecular weight excluding hydrogens is 300 g/mol. The number of benzene rings is 1. The first-order chi connectivity index (χ1) is 9.73. The van der Waals surface area contributed by atoms with Gasteiger partial charge in [-0.25, -0.2) is 9.59 Å². The molecule has 0 unspecified atom stereocenters. The summed E-state index contributed by atoms with van der Waals surface area (Å²) < 4.78 is 14.9. The molecule has 7 heteroatoms. The topological polar surface area (TPSA) is 82.1 Å². The van der Waals surface area contributed by atoms with Gasteiger partial charge in [-0.15, -0.1) is 0 Å². The molecule has 1 aromatic carbocycles. The fourth-order valence-electron chi connectivity index (χ4n) is 1.76. The Morgan fingerprint density at radius 1 is 1.24 bits per heavy atom. The van der Waals surface area contributed by atoms with E-state index in [4.69, 9.17) is 25.8 Å². The molecule has 0 aromatic heterocycles. The number of methoxy groups -OCH3 is 1. The van der Waals surface area contributed by atoms with E-state index in [1.807, 2.05) is 0 Å². The largest absolute Gasteiger partial charge is 0.507 e. The summed E-state index contributed by atoms with van der Waals surface area (Å²) in [5.74, 6) is -2.91. The van der Waals surface area contributed by atoms with Crippen molar-refractivity contribution >= 4 is 29.6 Å². The van der Waals surface area contributed by atoms with E-state index >= 15 is 0 Å². The van der Waals surface area contributed by atoms with Gasteiger partial charge in [0, 0.05) is 25.5 Å². The Balaban J connectivity index is 2.42. The van der Waals surface area contributed by atoms with Crippen LogP contribution in [-0.2, 0) is 19.1 Å². The van der Waals surface area contributed by atoms with Crippen molar-refractivity contribution in [3.63, 3.8) is 0 Å². The lowest BCUT2D eigenvalue weighted by Gasteiger charge is -2.29. The van der Waals surface area contributed by atoms with Crippen molar-refractivity contribution in [2.75, 3.05) is 7.11 Å². The summed E-state index contributed by atoms with van der Waals surface area (Å²) >= 11 is 5.94. The van der Waals surface area contributed by atoms with Gasteiger partial charge in [-0.1, -0.05) is 11.6 Å². The highest BCUT2D eigenvalue weighted by Crippen LogP contribution is 2.34. The number of aromatic hydroxyl groups is 1. The average Bonchev–Trinajstić information content (AvgIpc) is 2.36. The molecular formula is C14H13ClO6. The molecule has 0 atom stereocenters. The van der Waals surface area contributed by atoms with Gasteiger partial charge in [-0.3, -0.25) is 0 Å². The molecule has 1 N–H and O–H groups in total. The second kappa shape index (κ2) is 5.29. The molecule has 0 radical (unpaired) electrons. The molecule has 1 aliphatic rings. The third kappa shape index (κ3) is 3.11. The van der Waals surface area contributed by atoms with Crippen LogP contribution in [0.4, 0.5) is 0 Å². The van der Waals surface area contributed by atoms with Crippen LogP contribution >= 0.6 is 11.6 Å². The molecule has 1 aliphatic heterocycles. The third-order valence-electron chi connectivity index (χ3n) is 2.72. The minimum absolute atomic E-state index is 0.171. The van der Waals surface area contributed by atoms with Crippen molar-refractivity contribution < 1.29 is 28.9 Å². The first-order valence-electron chi connectivity index (χ1n) is 5.98. The molecule has 6 nitrogen and oxygen atoms in total. The molecule has 1 fully saturated rings. The zero-order valence-corrected chi connectivity index (χ0v) is 12.4. The minimum Gasteiger partial charge on any atom is -0.507 e. The van der Waals surface area contributed by atoms with Crippen LogP contribution in [0.3, 0.4) is 0 Å². The summed E-state index contributed by atoms with van der Waals surface area (Å²) in [6.45, 7) is 2.89. The fraction of sp³-hybridized carbons (Fsp3) is 0.286. The summed E-state index contributed by atoms with van der Waals surface area (Å²) in [5.41, 5.74) is -0.157. The van der Waals surface area contributed by atoms with Crippen LogP contribution in [0.2, 0.25) is 5.02 Å². The van der Waals surface area contributed by atoms with Crippen molar-refractivity contribution in [1.82, 2.24) is 0 Å². The lowest BCUT2D eigenvalue weighted by molar-refractivity contribution is -0.222. The van der Waals surface area contributed by atoms with Crippen LogP contribution in [0, 0.1) is 0 Å². The van der Waals surface area contributed by atoms with Gasteiger partial charge in [0.1, 0.15) is 17.1 Å². The van der Waals surface area contributed by atoms with Gasteiger partial charge in [0.25, 0.3) is 5.79 Å². The summed E-state index contributed by atoms with van der Waals surface area (Å²) in [6, 6.07) is 2.64. The molecule has 1 heterocycles. The van der Waals surface area contributed by atoms with Gasteiger partial charge in [0.05, 0.1) is 12.1 Å². The van der Waals surface area contributed by atoms with Gasteiger partial charge >= 0.3 is 11.9 Å². The number of cyclic esters (lactones) is 2. The highest BCUT2D eigenvalue weighted by molar-refractivity contribution is 6.32. The number of rotatable bonds is 2. The molecule has 2 rings (SSSR count). The van der Waals surface area contributed by atoms with E-state index in [0.29, 0.717) is 0 Å². The standard InChI is InChI=1S/C14H13ClO6/c1-14(2)20-12(17)8(13(18)21-14)4-7-5-9(15)11(19-3)6-10(7)16/h4-6,16H,1-3H3. The number of esters is 2. The van der Waals surface area contributed by atoms with Gasteiger partial charge in [-0.05, 0) is 12.1 Å². The molecule has 0 bridgehead atoms. The number of phenolic OH excluding ortho intramolecular Hbond substituents is 1. The van der Waals surface area contributed by atoms with E-state index in [-0.39, 0.29) is 27.7 Å². The second-order valence-electron chi connectivity index (χ2n) is 4.78. The monoisotopic (exact) mass is 312 g/mol. The highest BCUT2D eigenvalue weighted by atomic mass is 35.5. The zero-order chi connectivity index (χ0) is 15.8. The lowest BCUT2D eigenvalue weighted by Crippen LogP contribution is -2.41. The number of hydrogen-bond acceptors (Lipinski definition) is 6. The normalized spacial score (nSPS) is 17.0. The van der Waals surface area contributed by atoms with E-state index in [2.05, 4.69) is 0 Å². The molecule has 0 amide bonds.